The molecule has 0 aliphatic carbocycles. The molecule has 0 saturated carbocycles. The first-order chi connectivity index (χ1) is 10.3. The van der Waals surface area contributed by atoms with E-state index < -0.39 is 0 Å². The first kappa shape index (κ1) is 13.6. The van der Waals surface area contributed by atoms with Gasteiger partial charge in [0.2, 0.25) is 5.43 Å². The standard InChI is InChI=1S/C16H13N3OS/c17-9-3-4-12-7-8-13(21-12)11-19-15-6-2-1-5-14(15)16(20)10-18-19/h1-2,5-8,10H,9,11,17H2. The second-order valence-electron chi connectivity index (χ2n) is 4.46. The number of aromatic nitrogens is 2. The van der Waals surface area contributed by atoms with Crippen LogP contribution in [0, 0.1) is 11.8 Å². The van der Waals surface area contributed by atoms with Gasteiger partial charge in [-0.3, -0.25) is 9.48 Å². The van der Waals surface area contributed by atoms with Gasteiger partial charge in [-0.15, -0.1) is 11.3 Å². The molecule has 104 valence electrons. The second kappa shape index (κ2) is 5.92. The summed E-state index contributed by atoms with van der Waals surface area (Å²) in [6, 6.07) is 11.5. The number of fused-ring (bicyclic) bond motifs is 1. The summed E-state index contributed by atoms with van der Waals surface area (Å²) in [5, 5.41) is 4.92. The summed E-state index contributed by atoms with van der Waals surface area (Å²) in [5.41, 5.74) is 6.16. The van der Waals surface area contributed by atoms with Crippen molar-refractivity contribution in [3.8, 4) is 11.8 Å². The van der Waals surface area contributed by atoms with Crippen molar-refractivity contribution < 1.29 is 0 Å². The van der Waals surface area contributed by atoms with Crippen LogP contribution in [0.2, 0.25) is 0 Å². The van der Waals surface area contributed by atoms with Crippen molar-refractivity contribution >= 4 is 22.2 Å². The van der Waals surface area contributed by atoms with Gasteiger partial charge in [0, 0.05) is 10.3 Å². The Balaban J connectivity index is 1.97. The molecule has 3 rings (SSSR count). The molecular weight excluding hydrogens is 282 g/mol. The maximum absolute atomic E-state index is 11.8. The number of hydrogen-bond acceptors (Lipinski definition) is 4. The van der Waals surface area contributed by atoms with Crippen LogP contribution in [0.25, 0.3) is 10.9 Å². The minimum absolute atomic E-state index is 0.0532. The number of benzene rings is 1. The van der Waals surface area contributed by atoms with Gasteiger partial charge >= 0.3 is 0 Å². The fraction of sp³-hybridized carbons (Fsp3) is 0.125. The Morgan fingerprint density at radius 1 is 1.24 bits per heavy atom. The first-order valence-electron chi connectivity index (χ1n) is 6.50. The summed E-state index contributed by atoms with van der Waals surface area (Å²) in [5.74, 6) is 5.86. The molecule has 2 aromatic heterocycles. The molecule has 3 aromatic rings. The van der Waals surface area contributed by atoms with Crippen LogP contribution in [0.1, 0.15) is 9.75 Å². The van der Waals surface area contributed by atoms with Gasteiger partial charge in [-0.25, -0.2) is 0 Å². The lowest BCUT2D eigenvalue weighted by atomic mass is 10.2. The van der Waals surface area contributed by atoms with Gasteiger partial charge in [0.15, 0.2) is 0 Å². The lowest BCUT2D eigenvalue weighted by molar-refractivity contribution is 0.702. The molecule has 0 radical (unpaired) electrons. The Morgan fingerprint density at radius 3 is 2.95 bits per heavy atom. The average Bonchev–Trinajstić information content (AvgIpc) is 2.96. The largest absolute Gasteiger partial charge is 0.320 e. The summed E-state index contributed by atoms with van der Waals surface area (Å²) < 4.78 is 1.84. The summed E-state index contributed by atoms with van der Waals surface area (Å²) in [4.78, 5) is 13.9. The highest BCUT2D eigenvalue weighted by Crippen LogP contribution is 2.18. The molecule has 21 heavy (non-hydrogen) atoms. The van der Waals surface area contributed by atoms with Crippen molar-refractivity contribution in [3.05, 3.63) is 62.6 Å². The van der Waals surface area contributed by atoms with Gasteiger partial charge in [0.25, 0.3) is 0 Å². The van der Waals surface area contributed by atoms with Crippen molar-refractivity contribution in [1.29, 1.82) is 0 Å². The third kappa shape index (κ3) is 2.87. The lowest BCUT2D eigenvalue weighted by Gasteiger charge is -2.07. The molecule has 0 bridgehead atoms. The zero-order chi connectivity index (χ0) is 14.7. The van der Waals surface area contributed by atoms with E-state index in [0.717, 1.165) is 15.3 Å². The van der Waals surface area contributed by atoms with Crippen LogP contribution in [0.5, 0.6) is 0 Å². The van der Waals surface area contributed by atoms with E-state index in [0.29, 0.717) is 18.5 Å². The predicted molar refractivity (Wildman–Crippen MR) is 85.4 cm³/mol. The fourth-order valence-corrected chi connectivity index (χ4v) is 2.97. The van der Waals surface area contributed by atoms with E-state index >= 15 is 0 Å². The van der Waals surface area contributed by atoms with E-state index in [1.54, 1.807) is 11.3 Å². The summed E-state index contributed by atoms with van der Waals surface area (Å²) >= 11 is 1.61. The maximum Gasteiger partial charge on any atom is 0.207 e. The Morgan fingerprint density at radius 2 is 2.10 bits per heavy atom. The monoisotopic (exact) mass is 295 g/mol. The van der Waals surface area contributed by atoms with E-state index in [1.807, 2.05) is 41.1 Å². The third-order valence-electron chi connectivity index (χ3n) is 3.04. The molecule has 0 unspecified atom stereocenters. The topological polar surface area (TPSA) is 60.9 Å². The molecule has 0 aliphatic heterocycles. The Hall–Kier alpha value is -2.42. The maximum atomic E-state index is 11.8. The molecule has 0 amide bonds. The van der Waals surface area contributed by atoms with Crippen LogP contribution in [0.4, 0.5) is 0 Å². The highest BCUT2D eigenvalue weighted by Gasteiger charge is 2.05. The van der Waals surface area contributed by atoms with E-state index in [2.05, 4.69) is 16.9 Å². The van der Waals surface area contributed by atoms with Gasteiger partial charge in [0.05, 0.1) is 29.7 Å². The van der Waals surface area contributed by atoms with Crippen molar-refractivity contribution in [2.45, 2.75) is 6.54 Å². The Labute approximate surface area is 125 Å². The summed E-state index contributed by atoms with van der Waals surface area (Å²) in [6.45, 7) is 0.981. The number of nitrogens with two attached hydrogens (primary N) is 1. The fourth-order valence-electron chi connectivity index (χ4n) is 2.10. The minimum Gasteiger partial charge on any atom is -0.320 e. The highest BCUT2D eigenvalue weighted by molar-refractivity contribution is 7.12. The molecule has 0 saturated heterocycles. The van der Waals surface area contributed by atoms with Crippen LogP contribution in [0.3, 0.4) is 0 Å². The smallest absolute Gasteiger partial charge is 0.207 e. The molecule has 5 heteroatoms. The van der Waals surface area contributed by atoms with Crippen LogP contribution < -0.4 is 11.2 Å². The molecule has 2 N–H and O–H groups in total. The summed E-state index contributed by atoms with van der Waals surface area (Å²) in [6.07, 6.45) is 1.37. The van der Waals surface area contributed by atoms with Crippen LogP contribution in [-0.2, 0) is 6.54 Å². The van der Waals surface area contributed by atoms with Gasteiger partial charge in [-0.1, -0.05) is 24.0 Å². The highest BCUT2D eigenvalue weighted by atomic mass is 32.1. The van der Waals surface area contributed by atoms with Gasteiger partial charge in [-0.05, 0) is 24.3 Å². The Kier molecular flexibility index (Phi) is 3.82. The van der Waals surface area contributed by atoms with Crippen molar-refractivity contribution in [1.82, 2.24) is 9.78 Å². The molecule has 4 nitrogen and oxygen atoms in total. The summed E-state index contributed by atoms with van der Waals surface area (Å²) in [7, 11) is 0. The lowest BCUT2D eigenvalue weighted by Crippen LogP contribution is -2.12. The second-order valence-corrected chi connectivity index (χ2v) is 5.62. The third-order valence-corrected chi connectivity index (χ3v) is 4.03. The number of para-hydroxylation sites is 1. The zero-order valence-corrected chi connectivity index (χ0v) is 12.1. The first-order valence-corrected chi connectivity index (χ1v) is 7.32. The molecular formula is C16H13N3OS. The number of rotatable bonds is 2. The van der Waals surface area contributed by atoms with Crippen molar-refractivity contribution in [2.24, 2.45) is 5.73 Å². The van der Waals surface area contributed by atoms with Crippen molar-refractivity contribution in [2.75, 3.05) is 6.54 Å². The number of thiophene rings is 1. The van der Waals surface area contributed by atoms with E-state index in [-0.39, 0.29) is 5.43 Å². The SMILES string of the molecule is NCC#Cc1ccc(Cn2ncc(=O)c3ccccc32)s1. The zero-order valence-electron chi connectivity index (χ0n) is 11.2. The molecule has 0 fully saturated rings. The average molecular weight is 295 g/mol. The van der Waals surface area contributed by atoms with E-state index in [4.69, 9.17) is 5.73 Å². The Bertz CT molecular complexity index is 899. The quantitative estimate of drug-likeness (QED) is 0.734. The number of hydrogen-bond donors (Lipinski definition) is 1. The van der Waals surface area contributed by atoms with Gasteiger partial charge in [0.1, 0.15) is 0 Å². The van der Waals surface area contributed by atoms with Gasteiger partial charge in [-0.2, -0.15) is 5.10 Å². The van der Waals surface area contributed by atoms with E-state index in [1.165, 1.54) is 6.20 Å². The minimum atomic E-state index is -0.0532. The van der Waals surface area contributed by atoms with Crippen LogP contribution in [-0.4, -0.2) is 16.3 Å². The van der Waals surface area contributed by atoms with Crippen LogP contribution >= 0.6 is 11.3 Å². The van der Waals surface area contributed by atoms with E-state index in [9.17, 15) is 4.79 Å². The molecule has 1 aromatic carbocycles. The van der Waals surface area contributed by atoms with Crippen LogP contribution in [0.15, 0.2) is 47.4 Å². The predicted octanol–water partition coefficient (Wildman–Crippen LogP) is 1.82. The molecule has 0 spiro atoms. The number of nitrogens with zero attached hydrogens (tertiary/aromatic N) is 2. The normalized spacial score (nSPS) is 10.3. The molecule has 0 aliphatic rings. The molecule has 2 heterocycles. The molecule has 0 atom stereocenters. The van der Waals surface area contributed by atoms with Crippen molar-refractivity contribution in [3.63, 3.8) is 0 Å². The van der Waals surface area contributed by atoms with Gasteiger partial charge < -0.3 is 5.73 Å².